The first kappa shape index (κ1) is 19.4. The summed E-state index contributed by atoms with van der Waals surface area (Å²) in [5.41, 5.74) is 0.784. The Balaban J connectivity index is 1.82. The number of rotatable bonds is 7. The molecule has 0 radical (unpaired) electrons. The average molecular weight is 382 g/mol. The summed E-state index contributed by atoms with van der Waals surface area (Å²) in [5, 5.41) is 7.91. The molecule has 0 aromatic heterocycles. The predicted molar refractivity (Wildman–Crippen MR) is 96.1 cm³/mol. The summed E-state index contributed by atoms with van der Waals surface area (Å²) in [6.07, 6.45) is 0.321. The minimum Gasteiger partial charge on any atom is -0.350 e. The van der Waals surface area contributed by atoms with Gasteiger partial charge in [0.15, 0.2) is 0 Å². The van der Waals surface area contributed by atoms with Crippen molar-refractivity contribution in [3.63, 3.8) is 0 Å². The number of nitrogens with one attached hydrogen (secondary N) is 1. The molecule has 25 heavy (non-hydrogen) atoms. The molecule has 0 saturated carbocycles. The first-order chi connectivity index (χ1) is 11.8. The van der Waals surface area contributed by atoms with Crippen molar-refractivity contribution in [3.8, 4) is 0 Å². The van der Waals surface area contributed by atoms with Gasteiger partial charge in [-0.2, -0.15) is 0 Å². The lowest BCUT2D eigenvalue weighted by atomic mass is 10.1. The van der Waals surface area contributed by atoms with Gasteiger partial charge in [-0.3, -0.25) is 4.79 Å². The average Bonchev–Trinajstić information content (AvgIpc) is 2.56. The van der Waals surface area contributed by atoms with Crippen LogP contribution in [0.2, 0.25) is 0 Å². The van der Waals surface area contributed by atoms with Crippen molar-refractivity contribution >= 4 is 27.7 Å². The highest BCUT2D eigenvalue weighted by atomic mass is 32.2. The number of halogens is 1. The molecule has 2 rings (SSSR count). The highest BCUT2D eigenvalue weighted by Gasteiger charge is 2.12. The van der Waals surface area contributed by atoms with Crippen LogP contribution >= 0.6 is 11.8 Å². The van der Waals surface area contributed by atoms with Crippen molar-refractivity contribution in [2.45, 2.75) is 29.2 Å². The van der Waals surface area contributed by atoms with E-state index in [1.807, 2.05) is 6.92 Å². The number of carbonyl (C=O) groups excluding carboxylic acids is 1. The molecule has 1 amide bonds. The van der Waals surface area contributed by atoms with Crippen molar-refractivity contribution in [1.29, 1.82) is 0 Å². The maximum absolute atomic E-state index is 12.8. The van der Waals surface area contributed by atoms with E-state index in [0.29, 0.717) is 12.2 Å². The van der Waals surface area contributed by atoms with Gasteiger partial charge in [-0.05, 0) is 48.9 Å². The number of hydrogen-bond donors (Lipinski definition) is 2. The van der Waals surface area contributed by atoms with Crippen LogP contribution in [0, 0.1) is 5.82 Å². The number of benzene rings is 2. The van der Waals surface area contributed by atoms with Gasteiger partial charge in [-0.1, -0.05) is 12.1 Å². The van der Waals surface area contributed by atoms with E-state index in [0.717, 1.165) is 10.5 Å². The first-order valence-electron chi connectivity index (χ1n) is 7.56. The summed E-state index contributed by atoms with van der Waals surface area (Å²) in [6.45, 7) is 1.82. The van der Waals surface area contributed by atoms with E-state index in [1.54, 1.807) is 24.3 Å². The molecule has 2 aromatic rings. The molecule has 0 aliphatic carbocycles. The Bertz CT molecular complexity index is 822. The van der Waals surface area contributed by atoms with E-state index in [1.165, 1.54) is 36.0 Å². The molecule has 8 heteroatoms. The molecule has 0 heterocycles. The molecular weight excluding hydrogens is 363 g/mol. The summed E-state index contributed by atoms with van der Waals surface area (Å²) in [5.74, 6) is 0.177. The molecular formula is C17H19FN2O3S2. The van der Waals surface area contributed by atoms with Crippen molar-refractivity contribution in [1.82, 2.24) is 5.32 Å². The fourth-order valence-electron chi connectivity index (χ4n) is 2.14. The van der Waals surface area contributed by atoms with Crippen LogP contribution in [-0.2, 0) is 14.8 Å². The van der Waals surface area contributed by atoms with Crippen molar-refractivity contribution < 1.29 is 17.6 Å². The largest absolute Gasteiger partial charge is 0.350 e. The Morgan fingerprint density at radius 1 is 1.16 bits per heavy atom. The number of primary sulfonamides is 1. The third kappa shape index (κ3) is 6.15. The van der Waals surface area contributed by atoms with Gasteiger partial charge in [0.05, 0.1) is 10.9 Å². The zero-order valence-corrected chi connectivity index (χ0v) is 15.2. The lowest BCUT2D eigenvalue weighted by Crippen LogP contribution is -2.26. The van der Waals surface area contributed by atoms with Gasteiger partial charge < -0.3 is 5.32 Å². The normalized spacial score (nSPS) is 12.6. The maximum Gasteiger partial charge on any atom is 0.238 e. The van der Waals surface area contributed by atoms with Crippen LogP contribution in [0.25, 0.3) is 0 Å². The molecule has 0 aliphatic rings. The van der Waals surface area contributed by atoms with E-state index in [2.05, 4.69) is 5.32 Å². The van der Waals surface area contributed by atoms with E-state index in [-0.39, 0.29) is 22.7 Å². The van der Waals surface area contributed by atoms with Crippen LogP contribution in [0.1, 0.15) is 24.9 Å². The van der Waals surface area contributed by atoms with Gasteiger partial charge in [0, 0.05) is 17.1 Å². The van der Waals surface area contributed by atoms with Gasteiger partial charge in [0.1, 0.15) is 5.82 Å². The van der Waals surface area contributed by atoms with Crippen LogP contribution < -0.4 is 10.5 Å². The second-order valence-corrected chi connectivity index (χ2v) is 8.19. The summed E-state index contributed by atoms with van der Waals surface area (Å²) in [6, 6.07) is 11.9. The SMILES string of the molecule is CC(NC(=O)CCSc1ccc(F)cc1)c1ccc(S(N)(=O)=O)cc1. The summed E-state index contributed by atoms with van der Waals surface area (Å²) in [7, 11) is -3.72. The van der Waals surface area contributed by atoms with Crippen LogP contribution in [0.5, 0.6) is 0 Å². The molecule has 0 aliphatic heterocycles. The van der Waals surface area contributed by atoms with Crippen LogP contribution in [0.3, 0.4) is 0 Å². The summed E-state index contributed by atoms with van der Waals surface area (Å²) < 4.78 is 35.3. The lowest BCUT2D eigenvalue weighted by Gasteiger charge is -2.14. The third-order valence-electron chi connectivity index (χ3n) is 3.50. The number of nitrogens with two attached hydrogens (primary N) is 1. The van der Waals surface area contributed by atoms with Crippen molar-refractivity contribution in [2.24, 2.45) is 5.14 Å². The van der Waals surface area contributed by atoms with Gasteiger partial charge in [0.25, 0.3) is 0 Å². The fourth-order valence-corrected chi connectivity index (χ4v) is 3.50. The summed E-state index contributed by atoms with van der Waals surface area (Å²) >= 11 is 1.48. The molecule has 0 bridgehead atoms. The first-order valence-corrected chi connectivity index (χ1v) is 10.1. The Morgan fingerprint density at radius 2 is 1.76 bits per heavy atom. The number of amides is 1. The molecule has 0 spiro atoms. The predicted octanol–water partition coefficient (Wildman–Crippen LogP) is 2.83. The number of sulfonamides is 1. The second kappa shape index (κ2) is 8.46. The smallest absolute Gasteiger partial charge is 0.238 e. The zero-order valence-electron chi connectivity index (χ0n) is 13.6. The van der Waals surface area contributed by atoms with E-state index < -0.39 is 10.0 Å². The number of hydrogen-bond acceptors (Lipinski definition) is 4. The van der Waals surface area contributed by atoms with Gasteiger partial charge in [-0.25, -0.2) is 17.9 Å². The molecule has 0 fully saturated rings. The van der Waals surface area contributed by atoms with Crippen LogP contribution in [0.15, 0.2) is 58.3 Å². The van der Waals surface area contributed by atoms with E-state index >= 15 is 0 Å². The Labute approximate surface area is 150 Å². The number of thioether (sulfide) groups is 1. The van der Waals surface area contributed by atoms with Gasteiger partial charge in [-0.15, -0.1) is 11.8 Å². The standard InChI is InChI=1S/C17H19FN2O3S2/c1-12(13-2-8-16(9-3-13)25(19,22)23)20-17(21)10-11-24-15-6-4-14(18)5-7-15/h2-9,12H,10-11H2,1H3,(H,20,21)(H2,19,22,23). The minimum absolute atomic E-state index is 0.0328. The fraction of sp³-hybridized carbons (Fsp3) is 0.235. The maximum atomic E-state index is 12.8. The van der Waals surface area contributed by atoms with Gasteiger partial charge >= 0.3 is 0 Å². The van der Waals surface area contributed by atoms with Gasteiger partial charge in [0.2, 0.25) is 15.9 Å². The second-order valence-electron chi connectivity index (χ2n) is 5.46. The van der Waals surface area contributed by atoms with Crippen molar-refractivity contribution in [2.75, 3.05) is 5.75 Å². The highest BCUT2D eigenvalue weighted by Crippen LogP contribution is 2.19. The van der Waals surface area contributed by atoms with E-state index in [9.17, 15) is 17.6 Å². The summed E-state index contributed by atoms with van der Waals surface area (Å²) in [4.78, 5) is 12.9. The monoisotopic (exact) mass is 382 g/mol. The topological polar surface area (TPSA) is 89.3 Å². The molecule has 1 unspecified atom stereocenters. The Morgan fingerprint density at radius 3 is 2.32 bits per heavy atom. The Hall–Kier alpha value is -1.90. The molecule has 1 atom stereocenters. The van der Waals surface area contributed by atoms with Crippen molar-refractivity contribution in [3.05, 3.63) is 59.9 Å². The lowest BCUT2D eigenvalue weighted by molar-refractivity contribution is -0.121. The quantitative estimate of drug-likeness (QED) is 0.721. The Kier molecular flexibility index (Phi) is 6.57. The minimum atomic E-state index is -3.72. The number of carbonyl (C=O) groups is 1. The molecule has 0 saturated heterocycles. The molecule has 2 aromatic carbocycles. The molecule has 3 N–H and O–H groups in total. The van der Waals surface area contributed by atoms with Crippen LogP contribution in [-0.4, -0.2) is 20.1 Å². The zero-order chi connectivity index (χ0) is 18.4. The van der Waals surface area contributed by atoms with E-state index in [4.69, 9.17) is 5.14 Å². The third-order valence-corrected chi connectivity index (χ3v) is 5.44. The highest BCUT2D eigenvalue weighted by molar-refractivity contribution is 7.99. The molecule has 134 valence electrons. The molecule has 5 nitrogen and oxygen atoms in total. The van der Waals surface area contributed by atoms with Crippen LogP contribution in [0.4, 0.5) is 4.39 Å².